The maximum atomic E-state index is 11.1. The Morgan fingerprint density at radius 1 is 1.27 bits per heavy atom. The molecule has 5 N–H and O–H groups in total. The molecule has 0 atom stereocenters. The quantitative estimate of drug-likeness (QED) is 0.732. The summed E-state index contributed by atoms with van der Waals surface area (Å²) in [5, 5.41) is 2.75. The zero-order valence-electron chi connectivity index (χ0n) is 15.2. The first-order valence-corrected chi connectivity index (χ1v) is 8.56. The molecule has 0 spiro atoms. The van der Waals surface area contributed by atoms with Crippen LogP contribution in [0.5, 0.6) is 0 Å². The van der Waals surface area contributed by atoms with Crippen molar-refractivity contribution < 1.29 is 6.22 Å². The van der Waals surface area contributed by atoms with E-state index in [9.17, 15) is 4.79 Å². The first-order chi connectivity index (χ1) is 12.5. The van der Waals surface area contributed by atoms with Gasteiger partial charge in [0.05, 0.1) is 5.69 Å². The van der Waals surface area contributed by atoms with Crippen LogP contribution in [-0.2, 0) is 12.8 Å². The number of allylic oxidation sites excluding steroid dienone is 2. The number of urea groups is 1. The fourth-order valence-electron chi connectivity index (χ4n) is 2.61. The number of hydrogen-bond donors (Lipinski definition) is 3. The number of carbonyl (C=O) groups is 1. The summed E-state index contributed by atoms with van der Waals surface area (Å²) in [5.74, 6) is 0. The Labute approximate surface area is 155 Å². The average molecular weight is 353 g/mol. The number of hydrogen-bond acceptors (Lipinski definition) is 4. The first kappa shape index (κ1) is 19.2. The molecule has 6 nitrogen and oxygen atoms in total. The number of primary amides is 1. The van der Waals surface area contributed by atoms with Gasteiger partial charge in [0.1, 0.15) is 0 Å². The van der Waals surface area contributed by atoms with Crippen molar-refractivity contribution >= 4 is 17.9 Å². The van der Waals surface area contributed by atoms with E-state index < -0.39 is 6.03 Å². The Hall–Kier alpha value is -3.15. The molecule has 0 radical (unpaired) electrons. The Balaban J connectivity index is 0.000000350. The molecular formula is C20H27N5O. The van der Waals surface area contributed by atoms with Crippen molar-refractivity contribution in [3.05, 3.63) is 59.6 Å². The molecule has 0 aliphatic heterocycles. The van der Waals surface area contributed by atoms with Crippen molar-refractivity contribution in [3.8, 4) is 11.1 Å². The first-order valence-electron chi connectivity index (χ1n) is 8.56. The second-order valence-electron chi connectivity index (χ2n) is 5.91. The summed E-state index contributed by atoms with van der Waals surface area (Å²) < 4.78 is 0. The molecule has 138 valence electrons. The number of nitrogens with two attached hydrogens (primary N) is 2. The van der Waals surface area contributed by atoms with E-state index in [4.69, 9.17) is 11.5 Å². The van der Waals surface area contributed by atoms with Crippen molar-refractivity contribution in [2.75, 3.05) is 11.9 Å². The molecule has 0 saturated heterocycles. The summed E-state index contributed by atoms with van der Waals surface area (Å²) in [5.41, 5.74) is 16.7. The number of fused-ring (bicyclic) bond motifs is 1. The molecular weight excluding hydrogens is 326 g/mol. The summed E-state index contributed by atoms with van der Waals surface area (Å²) >= 11 is 0. The third-order valence-corrected chi connectivity index (χ3v) is 3.92. The molecule has 6 heteroatoms. The van der Waals surface area contributed by atoms with Gasteiger partial charge in [0, 0.05) is 37.8 Å². The predicted octanol–water partition coefficient (Wildman–Crippen LogP) is 3.52. The van der Waals surface area contributed by atoms with E-state index in [1.165, 1.54) is 11.1 Å². The second-order valence-corrected chi connectivity index (χ2v) is 5.91. The molecule has 2 amide bonds. The molecule has 1 heterocycles. The molecule has 0 saturated carbocycles. The Morgan fingerprint density at radius 2 is 2.00 bits per heavy atom. The largest absolute Gasteiger partial charge is 0.402 e. The van der Waals surface area contributed by atoms with Gasteiger partial charge in [-0.3, -0.25) is 9.98 Å². The maximum absolute atomic E-state index is 11.1. The lowest BCUT2D eigenvalue weighted by molar-refractivity contribution is 0.259. The molecule has 1 aromatic carbocycles. The van der Waals surface area contributed by atoms with Crippen LogP contribution in [0, 0.1) is 0 Å². The Bertz CT molecular complexity index is 815. The molecule has 0 bridgehead atoms. The minimum absolute atomic E-state index is 0. The lowest BCUT2D eigenvalue weighted by Gasteiger charge is -2.25. The molecule has 26 heavy (non-hydrogen) atoms. The van der Waals surface area contributed by atoms with E-state index in [-0.39, 0.29) is 1.43 Å². The van der Waals surface area contributed by atoms with E-state index in [1.807, 2.05) is 32.0 Å². The van der Waals surface area contributed by atoms with Crippen molar-refractivity contribution in [1.29, 1.82) is 0 Å². The number of nitrogens with zero attached hydrogens (tertiary/aromatic N) is 2. The number of benzene rings is 1. The lowest BCUT2D eigenvalue weighted by atomic mass is 9.84. The SMILES string of the molecule is CCN=C/C=C(/C)N.NC(=O)Nc1c(-c2ccncc2)ccc2c1CC2.[HH]. The van der Waals surface area contributed by atoms with Crippen LogP contribution in [0.25, 0.3) is 11.1 Å². The zero-order valence-corrected chi connectivity index (χ0v) is 15.2. The molecule has 0 unspecified atom stereocenters. The third kappa shape index (κ3) is 5.17. The fraction of sp³-hybridized carbons (Fsp3) is 0.250. The number of aliphatic imine (C=N–C) groups is 1. The van der Waals surface area contributed by atoms with Gasteiger partial charge >= 0.3 is 6.03 Å². The molecule has 1 aromatic heterocycles. The van der Waals surface area contributed by atoms with E-state index >= 15 is 0 Å². The van der Waals surface area contributed by atoms with Gasteiger partial charge < -0.3 is 16.8 Å². The molecule has 1 aliphatic carbocycles. The molecule has 2 aromatic rings. The van der Waals surface area contributed by atoms with Crippen LogP contribution in [0.3, 0.4) is 0 Å². The van der Waals surface area contributed by atoms with E-state index in [2.05, 4.69) is 21.4 Å². The van der Waals surface area contributed by atoms with Crippen LogP contribution in [0.4, 0.5) is 10.5 Å². The number of pyridine rings is 1. The number of anilines is 1. The third-order valence-electron chi connectivity index (χ3n) is 3.92. The Kier molecular flexibility index (Phi) is 6.91. The van der Waals surface area contributed by atoms with Crippen LogP contribution >= 0.6 is 0 Å². The number of aryl methyl sites for hydroxylation is 1. The summed E-state index contributed by atoms with van der Waals surface area (Å²) in [4.78, 5) is 19.1. The van der Waals surface area contributed by atoms with Crippen LogP contribution in [-0.4, -0.2) is 23.8 Å². The lowest BCUT2D eigenvalue weighted by Crippen LogP contribution is -2.23. The highest BCUT2D eigenvalue weighted by Crippen LogP contribution is 2.38. The van der Waals surface area contributed by atoms with Crippen molar-refractivity contribution in [3.63, 3.8) is 0 Å². The molecule has 3 rings (SSSR count). The van der Waals surface area contributed by atoms with Gasteiger partial charge in [-0.15, -0.1) is 0 Å². The maximum Gasteiger partial charge on any atom is 0.316 e. The molecule has 1 aliphatic rings. The highest BCUT2D eigenvalue weighted by molar-refractivity contribution is 5.95. The summed E-state index contributed by atoms with van der Waals surface area (Å²) in [7, 11) is 0. The van der Waals surface area contributed by atoms with E-state index in [0.717, 1.165) is 41.9 Å². The van der Waals surface area contributed by atoms with E-state index in [0.29, 0.717) is 0 Å². The molecule has 0 fully saturated rings. The smallest absolute Gasteiger partial charge is 0.316 e. The van der Waals surface area contributed by atoms with Crippen LogP contribution in [0.15, 0.2) is 53.4 Å². The van der Waals surface area contributed by atoms with Crippen LogP contribution < -0.4 is 16.8 Å². The van der Waals surface area contributed by atoms with Crippen molar-refractivity contribution in [1.82, 2.24) is 4.98 Å². The minimum atomic E-state index is -0.523. The number of carbonyl (C=O) groups excluding carboxylic acids is 1. The van der Waals surface area contributed by atoms with E-state index in [1.54, 1.807) is 24.7 Å². The highest BCUT2D eigenvalue weighted by Gasteiger charge is 2.21. The minimum Gasteiger partial charge on any atom is -0.402 e. The average Bonchev–Trinajstić information content (AvgIpc) is 2.57. The number of amides is 2. The van der Waals surface area contributed by atoms with Gasteiger partial charge in [-0.25, -0.2) is 4.79 Å². The van der Waals surface area contributed by atoms with Gasteiger partial charge in [-0.2, -0.15) is 0 Å². The van der Waals surface area contributed by atoms with Crippen LogP contribution in [0.1, 0.15) is 26.4 Å². The van der Waals surface area contributed by atoms with Gasteiger partial charge in [0.2, 0.25) is 0 Å². The number of aromatic nitrogens is 1. The van der Waals surface area contributed by atoms with Crippen molar-refractivity contribution in [2.24, 2.45) is 16.5 Å². The monoisotopic (exact) mass is 353 g/mol. The predicted molar refractivity (Wildman–Crippen MR) is 109 cm³/mol. The zero-order chi connectivity index (χ0) is 18.9. The Morgan fingerprint density at radius 3 is 2.54 bits per heavy atom. The highest BCUT2D eigenvalue weighted by atomic mass is 16.2. The normalized spacial score (nSPS) is 12.6. The number of rotatable bonds is 4. The van der Waals surface area contributed by atoms with Gasteiger partial charge in [-0.1, -0.05) is 12.1 Å². The van der Waals surface area contributed by atoms with Crippen LogP contribution in [0.2, 0.25) is 0 Å². The second kappa shape index (κ2) is 9.36. The van der Waals surface area contributed by atoms with Crippen molar-refractivity contribution in [2.45, 2.75) is 26.7 Å². The van der Waals surface area contributed by atoms with Gasteiger partial charge in [0.15, 0.2) is 0 Å². The topological polar surface area (TPSA) is 106 Å². The summed E-state index contributed by atoms with van der Waals surface area (Å²) in [6.45, 7) is 4.64. The van der Waals surface area contributed by atoms with Gasteiger partial charge in [-0.05, 0) is 61.6 Å². The summed E-state index contributed by atoms with van der Waals surface area (Å²) in [6.07, 6.45) is 9.04. The summed E-state index contributed by atoms with van der Waals surface area (Å²) in [6, 6.07) is 7.46. The number of nitrogens with one attached hydrogen (secondary N) is 1. The van der Waals surface area contributed by atoms with Gasteiger partial charge in [0.25, 0.3) is 0 Å². The fourth-order valence-corrected chi connectivity index (χ4v) is 2.61. The standard InChI is InChI=1S/C14H13N3O.C6H12N2.H2/c15-14(18)17-13-11-3-1-9(11)2-4-12(13)10-5-7-16-8-6-10;1-3-8-5-4-6(2)7;/h2,4-8H,1,3H2,(H3,15,17,18);4-5H,3,7H2,1-2H3;1H/b;6-4-,8-5?;.